The molecule has 3 nitrogen and oxygen atoms in total. The Bertz CT molecular complexity index is 1300. The van der Waals surface area contributed by atoms with Crippen molar-refractivity contribution >= 4 is 17.3 Å². The van der Waals surface area contributed by atoms with Gasteiger partial charge in [0.2, 0.25) is 0 Å². The average molecular weight is 447 g/mol. The van der Waals surface area contributed by atoms with Crippen molar-refractivity contribution in [2.45, 2.75) is 19.3 Å². The number of fused-ring (bicyclic) bond motifs is 1. The zero-order valence-corrected chi connectivity index (χ0v) is 20.1. The van der Waals surface area contributed by atoms with Gasteiger partial charge in [-0.3, -0.25) is 0 Å². The molecule has 1 aliphatic rings. The first-order valence-corrected chi connectivity index (χ1v) is 11.8. The van der Waals surface area contributed by atoms with Crippen LogP contribution in [-0.2, 0) is 6.42 Å². The molecule has 0 radical (unpaired) electrons. The second-order valence-electron chi connectivity index (χ2n) is 8.99. The van der Waals surface area contributed by atoms with Crippen molar-refractivity contribution in [3.63, 3.8) is 0 Å². The van der Waals surface area contributed by atoms with Gasteiger partial charge in [0.05, 0.1) is 18.5 Å². The van der Waals surface area contributed by atoms with E-state index in [0.29, 0.717) is 0 Å². The maximum absolute atomic E-state index is 5.39. The third kappa shape index (κ3) is 4.47. The van der Waals surface area contributed by atoms with E-state index in [0.717, 1.165) is 42.0 Å². The molecule has 4 aromatic rings. The lowest BCUT2D eigenvalue weighted by Crippen LogP contribution is -2.08. The molecule has 0 atom stereocenters. The Kier molecular flexibility index (Phi) is 6.18. The van der Waals surface area contributed by atoms with Crippen molar-refractivity contribution in [1.82, 2.24) is 4.98 Å². The van der Waals surface area contributed by atoms with Crippen LogP contribution in [0.2, 0.25) is 0 Å². The first kappa shape index (κ1) is 22.0. The third-order valence-electron chi connectivity index (χ3n) is 6.52. The first-order valence-electron chi connectivity index (χ1n) is 11.8. The smallest absolute Gasteiger partial charge is 0.118 e. The van der Waals surface area contributed by atoms with Gasteiger partial charge < -0.3 is 9.64 Å². The predicted molar refractivity (Wildman–Crippen MR) is 143 cm³/mol. The Labute approximate surface area is 202 Å². The molecule has 0 saturated carbocycles. The highest BCUT2D eigenvalue weighted by molar-refractivity contribution is 5.87. The van der Waals surface area contributed by atoms with Crippen LogP contribution in [0.4, 0.5) is 5.69 Å². The van der Waals surface area contributed by atoms with Gasteiger partial charge in [0, 0.05) is 25.3 Å². The number of nitrogens with zero attached hydrogens (tertiary/aromatic N) is 2. The Hall–Kier alpha value is -3.85. The van der Waals surface area contributed by atoms with Gasteiger partial charge in [-0.15, -0.1) is 0 Å². The molecule has 1 aromatic heterocycles. The third-order valence-corrected chi connectivity index (χ3v) is 6.52. The summed E-state index contributed by atoms with van der Waals surface area (Å²) in [6, 6.07) is 29.9. The molecule has 0 N–H and O–H groups in total. The number of methoxy groups -OCH3 is 1. The number of hydrogen-bond acceptors (Lipinski definition) is 3. The summed E-state index contributed by atoms with van der Waals surface area (Å²) in [6.07, 6.45) is 5.52. The van der Waals surface area contributed by atoms with Crippen molar-refractivity contribution in [3.8, 4) is 28.1 Å². The van der Waals surface area contributed by atoms with Crippen molar-refractivity contribution in [3.05, 3.63) is 102 Å². The molecule has 170 valence electrons. The minimum absolute atomic E-state index is 0.872. The highest BCUT2D eigenvalue weighted by atomic mass is 16.5. The zero-order valence-electron chi connectivity index (χ0n) is 20.1. The second kappa shape index (κ2) is 9.56. The van der Waals surface area contributed by atoms with Gasteiger partial charge in [-0.25, -0.2) is 4.98 Å². The summed E-state index contributed by atoms with van der Waals surface area (Å²) in [4.78, 5) is 7.35. The number of hydrogen-bond donors (Lipinski definition) is 0. The molecular weight excluding hydrogens is 416 g/mol. The molecule has 0 spiro atoms. The Morgan fingerprint density at radius 2 is 1.56 bits per heavy atom. The topological polar surface area (TPSA) is 25.4 Å². The standard InChI is InChI=1S/C31H30N2O/c1-33(2)26-16-12-22(13-17-26)20-25-10-7-11-28-29(23-14-18-27(34-3)19-15-23)21-30(32-31(25)28)24-8-5-4-6-9-24/h4-6,8-9,12-21H,7,10-11H2,1-3H3/b25-20-. The van der Waals surface area contributed by atoms with Gasteiger partial charge in [-0.05, 0) is 83.5 Å². The van der Waals surface area contributed by atoms with Crippen LogP contribution in [0, 0.1) is 0 Å². The lowest BCUT2D eigenvalue weighted by Gasteiger charge is -2.23. The van der Waals surface area contributed by atoms with Crippen LogP contribution >= 0.6 is 0 Å². The van der Waals surface area contributed by atoms with E-state index < -0.39 is 0 Å². The Balaban J connectivity index is 1.65. The van der Waals surface area contributed by atoms with E-state index in [9.17, 15) is 0 Å². The van der Waals surface area contributed by atoms with Crippen molar-refractivity contribution in [2.24, 2.45) is 0 Å². The highest BCUT2D eigenvalue weighted by Crippen LogP contribution is 2.39. The Morgan fingerprint density at radius 1 is 0.824 bits per heavy atom. The van der Waals surface area contributed by atoms with Crippen LogP contribution in [0.3, 0.4) is 0 Å². The second-order valence-corrected chi connectivity index (χ2v) is 8.99. The fraction of sp³-hybridized carbons (Fsp3) is 0.194. The summed E-state index contributed by atoms with van der Waals surface area (Å²) in [5.41, 5.74) is 10.8. The lowest BCUT2D eigenvalue weighted by atomic mass is 9.84. The molecule has 0 unspecified atom stereocenters. The zero-order chi connectivity index (χ0) is 23.5. The maximum atomic E-state index is 5.39. The van der Waals surface area contributed by atoms with Gasteiger partial charge in [0.25, 0.3) is 0 Å². The van der Waals surface area contributed by atoms with Gasteiger partial charge in [-0.2, -0.15) is 0 Å². The van der Waals surface area contributed by atoms with E-state index in [-0.39, 0.29) is 0 Å². The lowest BCUT2D eigenvalue weighted by molar-refractivity contribution is 0.415. The van der Waals surface area contributed by atoms with Crippen molar-refractivity contribution < 1.29 is 4.74 Å². The molecule has 1 aliphatic carbocycles. The molecule has 34 heavy (non-hydrogen) atoms. The van der Waals surface area contributed by atoms with E-state index in [1.54, 1.807) is 7.11 Å². The summed E-state index contributed by atoms with van der Waals surface area (Å²) in [7, 11) is 5.85. The molecule has 5 rings (SSSR count). The number of ether oxygens (including phenoxy) is 1. The molecule has 0 fully saturated rings. The van der Waals surface area contributed by atoms with Crippen LogP contribution < -0.4 is 9.64 Å². The van der Waals surface area contributed by atoms with Crippen LogP contribution in [0.5, 0.6) is 5.75 Å². The summed E-state index contributed by atoms with van der Waals surface area (Å²) < 4.78 is 5.39. The molecular formula is C31H30N2O. The van der Waals surface area contributed by atoms with E-state index >= 15 is 0 Å². The minimum atomic E-state index is 0.872. The van der Waals surface area contributed by atoms with Crippen LogP contribution in [-0.4, -0.2) is 26.2 Å². The van der Waals surface area contributed by atoms with Crippen molar-refractivity contribution in [1.29, 1.82) is 0 Å². The van der Waals surface area contributed by atoms with Gasteiger partial charge in [0.15, 0.2) is 0 Å². The minimum Gasteiger partial charge on any atom is -0.497 e. The molecule has 0 bridgehead atoms. The van der Waals surface area contributed by atoms with E-state index in [1.165, 1.54) is 33.5 Å². The number of benzene rings is 3. The predicted octanol–water partition coefficient (Wildman–Crippen LogP) is 7.37. The number of aromatic nitrogens is 1. The van der Waals surface area contributed by atoms with E-state index in [4.69, 9.17) is 9.72 Å². The quantitative estimate of drug-likeness (QED) is 0.320. The molecule has 1 heterocycles. The molecule has 0 amide bonds. The average Bonchev–Trinajstić information content (AvgIpc) is 2.89. The van der Waals surface area contributed by atoms with Gasteiger partial charge >= 0.3 is 0 Å². The van der Waals surface area contributed by atoms with Crippen LogP contribution in [0.1, 0.15) is 29.7 Å². The van der Waals surface area contributed by atoms with Gasteiger partial charge in [-0.1, -0.05) is 54.6 Å². The molecule has 0 saturated heterocycles. The summed E-state index contributed by atoms with van der Waals surface area (Å²) >= 11 is 0. The summed E-state index contributed by atoms with van der Waals surface area (Å²) in [6.45, 7) is 0. The molecule has 0 aliphatic heterocycles. The van der Waals surface area contributed by atoms with E-state index in [1.807, 2.05) is 12.1 Å². The van der Waals surface area contributed by atoms with Crippen LogP contribution in [0.25, 0.3) is 34.0 Å². The SMILES string of the molecule is COc1ccc(-c2cc(-c3ccccc3)nc3c2CCC/C3=C/c2ccc(N(C)C)cc2)cc1. The molecule has 3 heteroatoms. The number of allylic oxidation sites excluding steroid dienone is 1. The number of pyridine rings is 1. The largest absolute Gasteiger partial charge is 0.497 e. The number of anilines is 1. The van der Waals surface area contributed by atoms with Crippen molar-refractivity contribution in [2.75, 3.05) is 26.1 Å². The Morgan fingerprint density at radius 3 is 2.24 bits per heavy atom. The van der Waals surface area contributed by atoms with E-state index in [2.05, 4.69) is 97.9 Å². The monoisotopic (exact) mass is 446 g/mol. The fourth-order valence-electron chi connectivity index (χ4n) is 4.66. The fourth-order valence-corrected chi connectivity index (χ4v) is 4.66. The summed E-state index contributed by atoms with van der Waals surface area (Å²) in [5, 5.41) is 0. The first-order chi connectivity index (χ1) is 16.6. The number of rotatable bonds is 5. The molecule has 3 aromatic carbocycles. The summed E-state index contributed by atoms with van der Waals surface area (Å²) in [5.74, 6) is 0.872. The normalized spacial score (nSPS) is 14.0. The van der Waals surface area contributed by atoms with Gasteiger partial charge in [0.1, 0.15) is 5.75 Å². The van der Waals surface area contributed by atoms with Crippen LogP contribution in [0.15, 0.2) is 84.9 Å². The highest BCUT2D eigenvalue weighted by Gasteiger charge is 2.21. The maximum Gasteiger partial charge on any atom is 0.118 e.